The number of carbonyl (C=O) groups is 2. The fourth-order valence-electron chi connectivity index (χ4n) is 3.53. The Morgan fingerprint density at radius 3 is 2.34 bits per heavy atom. The molecule has 1 amide bonds. The molecule has 0 bridgehead atoms. The molecule has 0 aliphatic heterocycles. The van der Waals surface area contributed by atoms with Crippen molar-refractivity contribution < 1.29 is 18.0 Å². The first-order chi connectivity index (χ1) is 13.4. The topological polar surface area (TPSA) is 113 Å². The number of sulfone groups is 1. The highest BCUT2D eigenvalue weighted by Gasteiger charge is 2.32. The predicted octanol–water partition coefficient (Wildman–Crippen LogP) is 2.00. The highest BCUT2D eigenvalue weighted by molar-refractivity contribution is 7.89. The fourth-order valence-corrected chi connectivity index (χ4v) is 4.33. The van der Waals surface area contributed by atoms with E-state index in [0.29, 0.717) is 29.7 Å². The van der Waals surface area contributed by atoms with E-state index < -0.39 is 21.3 Å². The number of pyridine rings is 1. The molecule has 1 aliphatic carbocycles. The van der Waals surface area contributed by atoms with E-state index in [9.17, 15) is 22.8 Å². The Labute approximate surface area is 169 Å². The number of H-pyrrole nitrogens is 1. The number of carbonyl (C=O) groups excluding carboxylic acids is 2. The van der Waals surface area contributed by atoms with Crippen LogP contribution in [-0.4, -0.2) is 31.3 Å². The van der Waals surface area contributed by atoms with E-state index in [0.717, 1.165) is 5.56 Å². The second-order valence-electron chi connectivity index (χ2n) is 8.41. The molecule has 29 heavy (non-hydrogen) atoms. The van der Waals surface area contributed by atoms with Gasteiger partial charge in [0.25, 0.3) is 11.5 Å². The standard InChI is InChI=1S/C21H24N2O5S/c1-21(2)9-17-15(18(24)10-21)8-16(20(26)23-17)19(25)22-11-13-4-6-14(7-5-13)12-29(3,27)28/h4-8H,9-12H2,1-3H3,(H,22,25)(H,23,26). The van der Waals surface area contributed by atoms with Gasteiger partial charge in [-0.3, -0.25) is 14.4 Å². The van der Waals surface area contributed by atoms with Crippen LogP contribution in [0.3, 0.4) is 0 Å². The van der Waals surface area contributed by atoms with Crippen molar-refractivity contribution in [2.45, 2.75) is 39.0 Å². The minimum Gasteiger partial charge on any atom is -0.348 e. The molecule has 0 atom stereocenters. The van der Waals surface area contributed by atoms with Crippen molar-refractivity contribution in [3.63, 3.8) is 0 Å². The maximum Gasteiger partial charge on any atom is 0.261 e. The average Bonchev–Trinajstić information content (AvgIpc) is 2.58. The van der Waals surface area contributed by atoms with Crippen molar-refractivity contribution in [3.05, 3.63) is 68.6 Å². The van der Waals surface area contributed by atoms with Crippen LogP contribution in [0.4, 0.5) is 0 Å². The first-order valence-electron chi connectivity index (χ1n) is 9.27. The lowest BCUT2D eigenvalue weighted by Crippen LogP contribution is -2.34. The van der Waals surface area contributed by atoms with E-state index in [2.05, 4.69) is 10.3 Å². The van der Waals surface area contributed by atoms with Gasteiger partial charge in [-0.25, -0.2) is 8.42 Å². The van der Waals surface area contributed by atoms with Crippen molar-refractivity contribution in [3.8, 4) is 0 Å². The molecule has 2 aromatic rings. The van der Waals surface area contributed by atoms with Crippen molar-refractivity contribution in [2.75, 3.05) is 6.26 Å². The summed E-state index contributed by atoms with van der Waals surface area (Å²) in [5, 5.41) is 2.67. The number of hydrogen-bond donors (Lipinski definition) is 2. The number of aromatic nitrogens is 1. The Bertz CT molecular complexity index is 1130. The molecular weight excluding hydrogens is 392 g/mol. The summed E-state index contributed by atoms with van der Waals surface area (Å²) in [5.41, 5.74) is 1.58. The molecule has 1 aromatic carbocycles. The van der Waals surface area contributed by atoms with E-state index in [1.807, 2.05) is 13.8 Å². The van der Waals surface area contributed by atoms with Crippen LogP contribution in [-0.2, 0) is 28.6 Å². The van der Waals surface area contributed by atoms with Gasteiger partial charge in [-0.2, -0.15) is 0 Å². The summed E-state index contributed by atoms with van der Waals surface area (Å²) in [7, 11) is -3.11. The molecule has 0 spiro atoms. The lowest BCUT2D eigenvalue weighted by molar-refractivity contribution is 0.0910. The SMILES string of the molecule is CC1(C)CC(=O)c2cc(C(=O)NCc3ccc(CS(C)(=O)=O)cc3)c(=O)[nH]c2C1. The number of nitrogens with one attached hydrogen (secondary N) is 2. The highest BCUT2D eigenvalue weighted by Crippen LogP contribution is 2.33. The second kappa shape index (κ2) is 7.59. The van der Waals surface area contributed by atoms with Crippen LogP contribution in [0.1, 0.15) is 57.8 Å². The van der Waals surface area contributed by atoms with Crippen molar-refractivity contribution in [1.82, 2.24) is 10.3 Å². The number of amides is 1. The lowest BCUT2D eigenvalue weighted by Gasteiger charge is -2.29. The smallest absolute Gasteiger partial charge is 0.261 e. The van der Waals surface area contributed by atoms with E-state index in [4.69, 9.17) is 0 Å². The molecule has 154 valence electrons. The van der Waals surface area contributed by atoms with Crippen LogP contribution in [0.15, 0.2) is 35.1 Å². The first kappa shape index (κ1) is 21.0. The number of fused-ring (bicyclic) bond motifs is 1. The molecule has 0 saturated heterocycles. The zero-order valence-electron chi connectivity index (χ0n) is 16.7. The zero-order valence-corrected chi connectivity index (χ0v) is 17.5. The summed E-state index contributed by atoms with van der Waals surface area (Å²) < 4.78 is 22.7. The van der Waals surface area contributed by atoms with Gasteiger partial charge in [0.15, 0.2) is 15.6 Å². The molecule has 2 N–H and O–H groups in total. The molecule has 0 radical (unpaired) electrons. The third-order valence-electron chi connectivity index (χ3n) is 4.87. The summed E-state index contributed by atoms with van der Waals surface area (Å²) in [6.07, 6.45) is 2.11. The maximum atomic E-state index is 12.5. The van der Waals surface area contributed by atoms with Gasteiger partial charge in [0, 0.05) is 30.5 Å². The number of hydrogen-bond acceptors (Lipinski definition) is 5. The summed E-state index contributed by atoms with van der Waals surface area (Å²) in [6.45, 7) is 4.11. The second-order valence-corrected chi connectivity index (χ2v) is 10.6. The lowest BCUT2D eigenvalue weighted by atomic mass is 9.75. The first-order valence-corrected chi connectivity index (χ1v) is 11.3. The fraction of sp³-hybridized carbons (Fsp3) is 0.381. The van der Waals surface area contributed by atoms with Crippen LogP contribution in [0.5, 0.6) is 0 Å². The minimum atomic E-state index is -3.11. The van der Waals surface area contributed by atoms with E-state index >= 15 is 0 Å². The van der Waals surface area contributed by atoms with Crippen LogP contribution in [0, 0.1) is 5.41 Å². The van der Waals surface area contributed by atoms with Crippen LogP contribution >= 0.6 is 0 Å². The van der Waals surface area contributed by atoms with Gasteiger partial charge >= 0.3 is 0 Å². The quantitative estimate of drug-likeness (QED) is 0.774. The molecular formula is C21H24N2O5S. The van der Waals surface area contributed by atoms with Gasteiger partial charge < -0.3 is 10.3 Å². The monoisotopic (exact) mass is 416 g/mol. The summed E-state index contributed by atoms with van der Waals surface area (Å²) in [5.74, 6) is -0.690. The highest BCUT2D eigenvalue weighted by atomic mass is 32.2. The molecule has 0 unspecified atom stereocenters. The molecule has 0 fully saturated rings. The van der Waals surface area contributed by atoms with Crippen molar-refractivity contribution in [2.24, 2.45) is 5.41 Å². The number of ketones is 1. The normalized spacial score (nSPS) is 15.6. The number of benzene rings is 1. The Morgan fingerprint density at radius 1 is 1.10 bits per heavy atom. The molecule has 7 nitrogen and oxygen atoms in total. The third-order valence-corrected chi connectivity index (χ3v) is 5.72. The van der Waals surface area contributed by atoms with Crippen molar-refractivity contribution >= 4 is 21.5 Å². The summed E-state index contributed by atoms with van der Waals surface area (Å²) in [6, 6.07) is 8.21. The van der Waals surface area contributed by atoms with Gasteiger partial charge in [0.2, 0.25) is 0 Å². The summed E-state index contributed by atoms with van der Waals surface area (Å²) in [4.78, 5) is 39.9. The van der Waals surface area contributed by atoms with Gasteiger partial charge in [0.05, 0.1) is 5.75 Å². The van der Waals surface area contributed by atoms with Gasteiger partial charge in [-0.1, -0.05) is 38.1 Å². The Hall–Kier alpha value is -2.74. The van der Waals surface area contributed by atoms with E-state index in [1.165, 1.54) is 12.3 Å². The van der Waals surface area contributed by atoms with Gasteiger partial charge in [-0.05, 0) is 29.0 Å². The average molecular weight is 416 g/mol. The third kappa shape index (κ3) is 5.20. The Kier molecular flexibility index (Phi) is 5.49. The van der Waals surface area contributed by atoms with E-state index in [-0.39, 0.29) is 29.1 Å². The summed E-state index contributed by atoms with van der Waals surface area (Å²) >= 11 is 0. The number of rotatable bonds is 5. The van der Waals surface area contributed by atoms with E-state index in [1.54, 1.807) is 24.3 Å². The van der Waals surface area contributed by atoms with Crippen molar-refractivity contribution in [1.29, 1.82) is 0 Å². The molecule has 1 heterocycles. The van der Waals surface area contributed by atoms with Crippen LogP contribution in [0.2, 0.25) is 0 Å². The molecule has 0 saturated carbocycles. The Balaban J connectivity index is 1.73. The predicted molar refractivity (Wildman–Crippen MR) is 110 cm³/mol. The van der Waals surface area contributed by atoms with Gasteiger partial charge in [0.1, 0.15) is 5.56 Å². The molecule has 3 rings (SSSR count). The number of aromatic amines is 1. The molecule has 1 aliphatic rings. The largest absolute Gasteiger partial charge is 0.348 e. The maximum absolute atomic E-state index is 12.5. The van der Waals surface area contributed by atoms with Crippen LogP contribution in [0.25, 0.3) is 0 Å². The van der Waals surface area contributed by atoms with Crippen LogP contribution < -0.4 is 10.9 Å². The van der Waals surface area contributed by atoms with Gasteiger partial charge in [-0.15, -0.1) is 0 Å². The Morgan fingerprint density at radius 2 is 1.72 bits per heavy atom. The number of Topliss-reactive ketones (excluding diaryl/α,β-unsaturated/α-hetero) is 1. The molecule has 8 heteroatoms. The molecule has 1 aromatic heterocycles. The zero-order chi connectivity index (χ0) is 21.4. The minimum absolute atomic E-state index is 0.0467.